The summed E-state index contributed by atoms with van der Waals surface area (Å²) in [6.07, 6.45) is 10.9. The average molecular weight is 472 g/mol. The number of rotatable bonds is 5. The van der Waals surface area contributed by atoms with Crippen molar-refractivity contribution in [1.29, 1.82) is 0 Å². The molecule has 2 atom stereocenters. The van der Waals surface area contributed by atoms with Crippen LogP contribution in [-0.2, 0) is 17.6 Å². The number of hydrogen-bond donors (Lipinski definition) is 0. The SMILES string of the molecule is CC(=O)N1CCCC(Cc2nccnc2C(=O)N2CCCC(Cc3ccc4ncccc4c3)C2)C1. The van der Waals surface area contributed by atoms with Gasteiger partial charge < -0.3 is 9.80 Å². The van der Waals surface area contributed by atoms with E-state index in [1.165, 1.54) is 5.56 Å². The molecule has 4 heterocycles. The number of nitrogens with zero attached hydrogens (tertiary/aromatic N) is 5. The van der Waals surface area contributed by atoms with Crippen molar-refractivity contribution in [3.8, 4) is 0 Å². The first-order chi connectivity index (χ1) is 17.1. The van der Waals surface area contributed by atoms with Crippen LogP contribution in [0.3, 0.4) is 0 Å². The van der Waals surface area contributed by atoms with Crippen LogP contribution >= 0.6 is 0 Å². The van der Waals surface area contributed by atoms with Crippen molar-refractivity contribution >= 4 is 22.7 Å². The number of fused-ring (bicyclic) bond motifs is 1. The van der Waals surface area contributed by atoms with E-state index in [0.717, 1.165) is 74.9 Å². The summed E-state index contributed by atoms with van der Waals surface area (Å²) in [6, 6.07) is 10.5. The van der Waals surface area contributed by atoms with E-state index in [1.54, 1.807) is 19.3 Å². The number of amides is 2. The van der Waals surface area contributed by atoms with Gasteiger partial charge in [0.2, 0.25) is 5.91 Å². The molecule has 2 aliphatic heterocycles. The largest absolute Gasteiger partial charge is 0.343 e. The Balaban J connectivity index is 1.26. The lowest BCUT2D eigenvalue weighted by atomic mass is 9.90. The van der Waals surface area contributed by atoms with Crippen LogP contribution in [0.4, 0.5) is 0 Å². The van der Waals surface area contributed by atoms with Crippen LogP contribution in [-0.4, -0.2) is 62.7 Å². The summed E-state index contributed by atoms with van der Waals surface area (Å²) >= 11 is 0. The van der Waals surface area contributed by atoms with Crippen molar-refractivity contribution in [1.82, 2.24) is 24.8 Å². The van der Waals surface area contributed by atoms with Crippen molar-refractivity contribution in [3.05, 3.63) is 65.9 Å². The Kier molecular flexibility index (Phi) is 7.02. The second-order valence-corrected chi connectivity index (χ2v) is 10.0. The molecule has 0 aliphatic carbocycles. The number of hydrogen-bond acceptors (Lipinski definition) is 5. The molecule has 2 unspecified atom stereocenters. The molecule has 0 saturated carbocycles. The first-order valence-corrected chi connectivity index (χ1v) is 12.7. The van der Waals surface area contributed by atoms with Crippen LogP contribution in [0, 0.1) is 11.8 Å². The fourth-order valence-electron chi connectivity index (χ4n) is 5.64. The lowest BCUT2D eigenvalue weighted by Gasteiger charge is -2.34. The van der Waals surface area contributed by atoms with Crippen LogP contribution in [0.5, 0.6) is 0 Å². The van der Waals surface area contributed by atoms with Crippen molar-refractivity contribution in [2.75, 3.05) is 26.2 Å². The second-order valence-electron chi connectivity index (χ2n) is 10.0. The van der Waals surface area contributed by atoms with E-state index in [0.29, 0.717) is 24.0 Å². The highest BCUT2D eigenvalue weighted by Crippen LogP contribution is 2.26. The fraction of sp³-hybridized carbons (Fsp3) is 0.464. The van der Waals surface area contributed by atoms with E-state index >= 15 is 0 Å². The van der Waals surface area contributed by atoms with Gasteiger partial charge in [-0.25, -0.2) is 4.98 Å². The third-order valence-corrected chi connectivity index (χ3v) is 7.42. The summed E-state index contributed by atoms with van der Waals surface area (Å²) in [6.45, 7) is 4.67. The second kappa shape index (κ2) is 10.5. The Morgan fingerprint density at radius 1 is 0.886 bits per heavy atom. The quantitative estimate of drug-likeness (QED) is 0.564. The monoisotopic (exact) mass is 471 g/mol. The third kappa shape index (κ3) is 5.50. The number of likely N-dealkylation sites (tertiary alicyclic amines) is 2. The molecule has 35 heavy (non-hydrogen) atoms. The normalized spacial score (nSPS) is 20.7. The number of carbonyl (C=O) groups is 2. The van der Waals surface area contributed by atoms with Gasteiger partial charge in [-0.05, 0) is 74.1 Å². The van der Waals surface area contributed by atoms with E-state index < -0.39 is 0 Å². The zero-order chi connectivity index (χ0) is 24.2. The van der Waals surface area contributed by atoms with Gasteiger partial charge in [0.25, 0.3) is 5.91 Å². The van der Waals surface area contributed by atoms with Gasteiger partial charge in [-0.2, -0.15) is 0 Å². The Labute approximate surface area is 206 Å². The maximum absolute atomic E-state index is 13.6. The molecule has 2 saturated heterocycles. The van der Waals surface area contributed by atoms with E-state index in [-0.39, 0.29) is 11.8 Å². The molecule has 5 rings (SSSR count). The number of carbonyl (C=O) groups excluding carboxylic acids is 2. The molecule has 0 bridgehead atoms. The third-order valence-electron chi connectivity index (χ3n) is 7.42. The Morgan fingerprint density at radius 2 is 1.63 bits per heavy atom. The smallest absolute Gasteiger partial charge is 0.274 e. The predicted octanol–water partition coefficient (Wildman–Crippen LogP) is 3.92. The number of aromatic nitrogens is 3. The molecule has 2 aliphatic rings. The Bertz CT molecular complexity index is 1210. The molecule has 182 valence electrons. The van der Waals surface area contributed by atoms with Crippen molar-refractivity contribution in [3.63, 3.8) is 0 Å². The van der Waals surface area contributed by atoms with Crippen LogP contribution in [0.1, 0.15) is 54.4 Å². The van der Waals surface area contributed by atoms with Gasteiger partial charge >= 0.3 is 0 Å². The highest BCUT2D eigenvalue weighted by atomic mass is 16.2. The molecule has 0 spiro atoms. The zero-order valence-electron chi connectivity index (χ0n) is 20.4. The van der Waals surface area contributed by atoms with Gasteiger partial charge in [-0.3, -0.25) is 19.6 Å². The molecule has 0 radical (unpaired) electrons. The van der Waals surface area contributed by atoms with Gasteiger partial charge in [-0.15, -0.1) is 0 Å². The van der Waals surface area contributed by atoms with E-state index in [1.807, 2.05) is 22.1 Å². The van der Waals surface area contributed by atoms with Crippen LogP contribution < -0.4 is 0 Å². The predicted molar refractivity (Wildman–Crippen MR) is 135 cm³/mol. The van der Waals surface area contributed by atoms with Crippen LogP contribution in [0.25, 0.3) is 10.9 Å². The minimum atomic E-state index is -0.0141. The summed E-state index contributed by atoms with van der Waals surface area (Å²) < 4.78 is 0. The van der Waals surface area contributed by atoms with Crippen LogP contribution in [0.2, 0.25) is 0 Å². The minimum absolute atomic E-state index is 0.0141. The summed E-state index contributed by atoms with van der Waals surface area (Å²) in [4.78, 5) is 42.7. The maximum Gasteiger partial charge on any atom is 0.274 e. The zero-order valence-corrected chi connectivity index (χ0v) is 20.4. The van der Waals surface area contributed by atoms with Crippen molar-refractivity contribution < 1.29 is 9.59 Å². The molecule has 7 heteroatoms. The Hall–Kier alpha value is -3.35. The summed E-state index contributed by atoms with van der Waals surface area (Å²) in [5.41, 5.74) is 3.54. The standard InChI is InChI=1S/C28H33N5O2/c1-20(34)32-13-3-6-23(18-32)17-26-27(31-12-11-30-26)28(35)33-14-4-5-22(19-33)15-21-8-9-25-24(16-21)7-2-10-29-25/h2,7-12,16,22-23H,3-6,13-15,17-19H2,1H3. The van der Waals surface area contributed by atoms with Gasteiger partial charge in [0, 0.05) is 57.1 Å². The summed E-state index contributed by atoms with van der Waals surface area (Å²) in [5, 5.41) is 1.16. The van der Waals surface area contributed by atoms with Crippen molar-refractivity contribution in [2.24, 2.45) is 11.8 Å². The highest BCUT2D eigenvalue weighted by molar-refractivity contribution is 5.93. The van der Waals surface area contributed by atoms with E-state index in [2.05, 4.69) is 39.2 Å². The molecule has 2 aromatic heterocycles. The van der Waals surface area contributed by atoms with Crippen molar-refractivity contribution in [2.45, 2.75) is 45.4 Å². The van der Waals surface area contributed by atoms with Gasteiger partial charge in [-0.1, -0.05) is 12.1 Å². The molecule has 2 amide bonds. The number of piperidine rings is 2. The minimum Gasteiger partial charge on any atom is -0.343 e. The van der Waals surface area contributed by atoms with Crippen LogP contribution in [0.15, 0.2) is 48.9 Å². The van der Waals surface area contributed by atoms with E-state index in [9.17, 15) is 9.59 Å². The molecular formula is C28H33N5O2. The highest BCUT2D eigenvalue weighted by Gasteiger charge is 2.29. The Morgan fingerprint density at radius 3 is 2.46 bits per heavy atom. The fourth-order valence-corrected chi connectivity index (χ4v) is 5.64. The maximum atomic E-state index is 13.6. The molecule has 0 N–H and O–H groups in total. The molecule has 3 aromatic rings. The van der Waals surface area contributed by atoms with E-state index in [4.69, 9.17) is 0 Å². The average Bonchev–Trinajstić information content (AvgIpc) is 2.89. The lowest BCUT2D eigenvalue weighted by molar-refractivity contribution is -0.130. The molecular weight excluding hydrogens is 438 g/mol. The summed E-state index contributed by atoms with van der Waals surface area (Å²) in [7, 11) is 0. The topological polar surface area (TPSA) is 79.3 Å². The lowest BCUT2D eigenvalue weighted by Crippen LogP contribution is -2.42. The molecule has 1 aromatic carbocycles. The van der Waals surface area contributed by atoms with Gasteiger partial charge in [0.15, 0.2) is 0 Å². The van der Waals surface area contributed by atoms with Gasteiger partial charge in [0.05, 0.1) is 11.2 Å². The molecule has 2 fully saturated rings. The molecule has 7 nitrogen and oxygen atoms in total. The summed E-state index contributed by atoms with van der Waals surface area (Å²) in [5.74, 6) is 0.837. The number of pyridine rings is 1. The first-order valence-electron chi connectivity index (χ1n) is 12.7. The first kappa shape index (κ1) is 23.4. The van der Waals surface area contributed by atoms with Gasteiger partial charge in [0.1, 0.15) is 5.69 Å². The number of benzene rings is 1.